The van der Waals surface area contributed by atoms with E-state index in [1.807, 2.05) is 18.2 Å². The Balaban J connectivity index is 1.90. The molecule has 0 fully saturated rings. The van der Waals surface area contributed by atoms with Crippen molar-refractivity contribution in [3.05, 3.63) is 74.8 Å². The fourth-order valence-electron chi connectivity index (χ4n) is 3.22. The van der Waals surface area contributed by atoms with Crippen molar-refractivity contribution in [3.63, 3.8) is 0 Å². The number of para-hydroxylation sites is 1. The van der Waals surface area contributed by atoms with E-state index in [9.17, 15) is 14.9 Å². The molecule has 5 heteroatoms. The fourth-order valence-corrected chi connectivity index (χ4v) is 3.22. The van der Waals surface area contributed by atoms with E-state index in [4.69, 9.17) is 0 Å². The standard InChI is InChI=1S/C18H18N2O3/c1-12-6-4-10-15(17(12)20(22)23)18(21)19-16-11-5-8-13-7-2-3-9-14(13)16/h2-4,6-7,9-10,16H,5,8,11H2,1H3,(H,19,21). The molecule has 2 aromatic rings. The first kappa shape index (κ1) is 15.2. The van der Waals surface area contributed by atoms with Crippen molar-refractivity contribution >= 4 is 11.6 Å². The van der Waals surface area contributed by atoms with Crippen molar-refractivity contribution in [2.45, 2.75) is 32.2 Å². The first-order valence-electron chi connectivity index (χ1n) is 7.70. The maximum Gasteiger partial charge on any atom is 0.285 e. The second kappa shape index (κ2) is 6.20. The van der Waals surface area contributed by atoms with Crippen molar-refractivity contribution in [1.29, 1.82) is 0 Å². The van der Waals surface area contributed by atoms with Crippen LogP contribution in [0.25, 0.3) is 0 Å². The van der Waals surface area contributed by atoms with Crippen molar-refractivity contribution < 1.29 is 9.72 Å². The zero-order valence-electron chi connectivity index (χ0n) is 12.9. The van der Waals surface area contributed by atoms with Gasteiger partial charge in [-0.25, -0.2) is 0 Å². The first-order chi connectivity index (χ1) is 11.1. The molecule has 0 radical (unpaired) electrons. The van der Waals surface area contributed by atoms with Gasteiger partial charge in [-0.15, -0.1) is 0 Å². The minimum absolute atomic E-state index is 0.0902. The number of nitrogens with zero attached hydrogens (tertiary/aromatic N) is 1. The molecule has 0 saturated heterocycles. The van der Waals surface area contributed by atoms with E-state index in [1.165, 1.54) is 11.6 Å². The molecule has 0 spiro atoms. The van der Waals surface area contributed by atoms with Crippen LogP contribution in [-0.2, 0) is 6.42 Å². The van der Waals surface area contributed by atoms with Gasteiger partial charge in [-0.05, 0) is 43.4 Å². The average Bonchev–Trinajstić information content (AvgIpc) is 2.54. The van der Waals surface area contributed by atoms with Crippen LogP contribution < -0.4 is 5.32 Å². The summed E-state index contributed by atoms with van der Waals surface area (Å²) in [4.78, 5) is 23.4. The van der Waals surface area contributed by atoms with Gasteiger partial charge in [0, 0.05) is 5.56 Å². The lowest BCUT2D eigenvalue weighted by molar-refractivity contribution is -0.385. The van der Waals surface area contributed by atoms with E-state index in [0.717, 1.165) is 24.8 Å². The number of nitro benzene ring substituents is 1. The van der Waals surface area contributed by atoms with Crippen LogP contribution in [0.3, 0.4) is 0 Å². The first-order valence-corrected chi connectivity index (χ1v) is 7.70. The summed E-state index contributed by atoms with van der Waals surface area (Å²) in [6, 6.07) is 12.8. The Hall–Kier alpha value is -2.69. The third kappa shape index (κ3) is 2.95. The summed E-state index contributed by atoms with van der Waals surface area (Å²) in [6.07, 6.45) is 2.85. The molecule has 2 aromatic carbocycles. The van der Waals surface area contributed by atoms with E-state index in [-0.39, 0.29) is 23.2 Å². The summed E-state index contributed by atoms with van der Waals surface area (Å²) in [5.41, 5.74) is 2.85. The number of fused-ring (bicyclic) bond motifs is 1. The number of nitrogens with one attached hydrogen (secondary N) is 1. The molecule has 0 heterocycles. The predicted molar refractivity (Wildman–Crippen MR) is 87.4 cm³/mol. The minimum Gasteiger partial charge on any atom is -0.345 e. The van der Waals surface area contributed by atoms with Gasteiger partial charge in [0.15, 0.2) is 0 Å². The van der Waals surface area contributed by atoms with Crippen LogP contribution in [0.15, 0.2) is 42.5 Å². The highest BCUT2D eigenvalue weighted by Gasteiger charge is 2.26. The Labute approximate surface area is 134 Å². The summed E-state index contributed by atoms with van der Waals surface area (Å²) < 4.78 is 0. The lowest BCUT2D eigenvalue weighted by Gasteiger charge is -2.26. The molecule has 1 atom stereocenters. The Morgan fingerprint density at radius 2 is 2.00 bits per heavy atom. The zero-order chi connectivity index (χ0) is 16.4. The maximum absolute atomic E-state index is 12.6. The van der Waals surface area contributed by atoms with Crippen molar-refractivity contribution in [2.24, 2.45) is 0 Å². The molecule has 0 bridgehead atoms. The van der Waals surface area contributed by atoms with Crippen LogP contribution in [0, 0.1) is 17.0 Å². The third-order valence-electron chi connectivity index (χ3n) is 4.34. The van der Waals surface area contributed by atoms with Gasteiger partial charge in [0.05, 0.1) is 11.0 Å². The van der Waals surface area contributed by atoms with Gasteiger partial charge in [-0.1, -0.05) is 36.4 Å². The SMILES string of the molecule is Cc1cccc(C(=O)NC2CCCc3ccccc32)c1[N+](=O)[O-]. The normalized spacial score (nSPS) is 16.5. The molecule has 0 aliphatic heterocycles. The number of amides is 1. The average molecular weight is 310 g/mol. The van der Waals surface area contributed by atoms with Gasteiger partial charge >= 0.3 is 0 Å². The molecule has 1 N–H and O–H groups in total. The Morgan fingerprint density at radius 3 is 2.78 bits per heavy atom. The molecule has 23 heavy (non-hydrogen) atoms. The number of rotatable bonds is 3. The van der Waals surface area contributed by atoms with Gasteiger partial charge < -0.3 is 5.32 Å². The summed E-state index contributed by atoms with van der Waals surface area (Å²) in [5, 5.41) is 14.2. The second-order valence-corrected chi connectivity index (χ2v) is 5.85. The highest BCUT2D eigenvalue weighted by Crippen LogP contribution is 2.30. The van der Waals surface area contributed by atoms with E-state index in [2.05, 4.69) is 11.4 Å². The van der Waals surface area contributed by atoms with Crippen LogP contribution in [0.1, 0.15) is 45.9 Å². The van der Waals surface area contributed by atoms with Gasteiger partial charge in [-0.3, -0.25) is 14.9 Å². The molecular formula is C18H18N2O3. The molecule has 118 valence electrons. The van der Waals surface area contributed by atoms with Crippen LogP contribution >= 0.6 is 0 Å². The third-order valence-corrected chi connectivity index (χ3v) is 4.34. The monoisotopic (exact) mass is 310 g/mol. The van der Waals surface area contributed by atoms with Crippen LogP contribution in [0.4, 0.5) is 5.69 Å². The molecular weight excluding hydrogens is 292 g/mol. The van der Waals surface area contributed by atoms with Crippen LogP contribution in [0.2, 0.25) is 0 Å². The van der Waals surface area contributed by atoms with Crippen molar-refractivity contribution in [3.8, 4) is 0 Å². The van der Waals surface area contributed by atoms with Crippen molar-refractivity contribution in [1.82, 2.24) is 5.32 Å². The molecule has 0 saturated carbocycles. The fraction of sp³-hybridized carbons (Fsp3) is 0.278. The Kier molecular flexibility index (Phi) is 4.10. The molecule has 1 aliphatic carbocycles. The topological polar surface area (TPSA) is 72.2 Å². The van der Waals surface area contributed by atoms with Gasteiger partial charge in [-0.2, -0.15) is 0 Å². The minimum atomic E-state index is -0.487. The van der Waals surface area contributed by atoms with Crippen LogP contribution in [0.5, 0.6) is 0 Å². The number of carbonyl (C=O) groups excluding carboxylic acids is 1. The molecule has 5 nitrogen and oxygen atoms in total. The summed E-state index contributed by atoms with van der Waals surface area (Å²) in [6.45, 7) is 1.64. The van der Waals surface area contributed by atoms with E-state index in [1.54, 1.807) is 19.1 Å². The molecule has 0 aromatic heterocycles. The lowest BCUT2D eigenvalue weighted by atomic mass is 9.87. The van der Waals surface area contributed by atoms with E-state index < -0.39 is 4.92 Å². The van der Waals surface area contributed by atoms with Crippen molar-refractivity contribution in [2.75, 3.05) is 0 Å². The summed E-state index contributed by atoms with van der Waals surface area (Å²) in [5.74, 6) is -0.387. The maximum atomic E-state index is 12.6. The van der Waals surface area contributed by atoms with Gasteiger partial charge in [0.1, 0.15) is 5.56 Å². The highest BCUT2D eigenvalue weighted by atomic mass is 16.6. The Bertz CT molecular complexity index is 771. The molecule has 1 unspecified atom stereocenters. The van der Waals surface area contributed by atoms with E-state index >= 15 is 0 Å². The molecule has 3 rings (SSSR count). The Morgan fingerprint density at radius 1 is 1.22 bits per heavy atom. The predicted octanol–water partition coefficient (Wildman–Crippen LogP) is 3.71. The lowest BCUT2D eigenvalue weighted by Crippen LogP contribution is -2.31. The number of nitro groups is 1. The smallest absolute Gasteiger partial charge is 0.285 e. The number of hydrogen-bond donors (Lipinski definition) is 1. The second-order valence-electron chi connectivity index (χ2n) is 5.85. The molecule has 1 aliphatic rings. The van der Waals surface area contributed by atoms with Gasteiger partial charge in [0.25, 0.3) is 11.6 Å². The number of aryl methyl sites for hydroxylation is 2. The van der Waals surface area contributed by atoms with Crippen LogP contribution in [-0.4, -0.2) is 10.8 Å². The highest BCUT2D eigenvalue weighted by molar-refractivity contribution is 5.98. The summed E-state index contributed by atoms with van der Waals surface area (Å²) in [7, 11) is 0. The summed E-state index contributed by atoms with van der Waals surface area (Å²) >= 11 is 0. The number of carbonyl (C=O) groups is 1. The largest absolute Gasteiger partial charge is 0.345 e. The number of hydrogen-bond acceptors (Lipinski definition) is 3. The molecule has 1 amide bonds. The number of benzene rings is 2. The zero-order valence-corrected chi connectivity index (χ0v) is 12.9. The van der Waals surface area contributed by atoms with E-state index in [0.29, 0.717) is 5.56 Å². The van der Waals surface area contributed by atoms with Gasteiger partial charge in [0.2, 0.25) is 0 Å². The quantitative estimate of drug-likeness (QED) is 0.694.